The zero-order chi connectivity index (χ0) is 13.5. The Hall–Kier alpha value is -0.610. The molecule has 1 saturated carbocycles. The van der Waals surface area contributed by atoms with Gasteiger partial charge in [-0.2, -0.15) is 0 Å². The van der Waals surface area contributed by atoms with E-state index in [-0.39, 0.29) is 0 Å². The van der Waals surface area contributed by atoms with Crippen LogP contribution in [0.25, 0.3) is 0 Å². The second kappa shape index (κ2) is 7.74. The van der Waals surface area contributed by atoms with Gasteiger partial charge in [0.25, 0.3) is 0 Å². The summed E-state index contributed by atoms with van der Waals surface area (Å²) in [6.45, 7) is 9.23. The van der Waals surface area contributed by atoms with Gasteiger partial charge in [0, 0.05) is 19.1 Å². The van der Waals surface area contributed by atoms with Gasteiger partial charge >= 0.3 is 5.97 Å². The molecule has 1 rings (SSSR count). The number of hydrogen-bond acceptors (Lipinski definition) is 3. The SMILES string of the molecule is CCCNC(CCN(CC1CC1)C(C)C)C(=O)O. The highest BCUT2D eigenvalue weighted by Gasteiger charge is 2.26. The fraction of sp³-hybridized carbons (Fsp3) is 0.929. The summed E-state index contributed by atoms with van der Waals surface area (Å²) in [7, 11) is 0. The summed E-state index contributed by atoms with van der Waals surface area (Å²) in [6.07, 6.45) is 4.36. The minimum absolute atomic E-state index is 0.398. The Morgan fingerprint density at radius 3 is 2.56 bits per heavy atom. The Labute approximate surface area is 111 Å². The van der Waals surface area contributed by atoms with Crippen LogP contribution in [-0.4, -0.2) is 47.7 Å². The standard InChI is InChI=1S/C14H28N2O2/c1-4-8-15-13(14(17)18)7-9-16(11(2)3)10-12-5-6-12/h11-13,15H,4-10H2,1-3H3,(H,17,18). The zero-order valence-electron chi connectivity index (χ0n) is 12.0. The number of rotatable bonds is 10. The van der Waals surface area contributed by atoms with E-state index in [1.165, 1.54) is 12.8 Å². The second-order valence-electron chi connectivity index (χ2n) is 5.67. The molecule has 1 aliphatic rings. The molecule has 1 atom stereocenters. The van der Waals surface area contributed by atoms with E-state index in [4.69, 9.17) is 5.11 Å². The van der Waals surface area contributed by atoms with Gasteiger partial charge in [-0.05, 0) is 52.0 Å². The number of nitrogens with zero attached hydrogens (tertiary/aromatic N) is 1. The van der Waals surface area contributed by atoms with Crippen molar-refractivity contribution in [2.24, 2.45) is 5.92 Å². The van der Waals surface area contributed by atoms with E-state index in [2.05, 4.69) is 31.0 Å². The normalized spacial score (nSPS) is 17.4. The van der Waals surface area contributed by atoms with Gasteiger partial charge in [-0.15, -0.1) is 0 Å². The van der Waals surface area contributed by atoms with Crippen LogP contribution in [0, 0.1) is 5.92 Å². The zero-order valence-corrected chi connectivity index (χ0v) is 12.0. The first kappa shape index (κ1) is 15.4. The number of aliphatic carboxylic acids is 1. The van der Waals surface area contributed by atoms with Gasteiger partial charge < -0.3 is 15.3 Å². The average molecular weight is 256 g/mol. The lowest BCUT2D eigenvalue weighted by Gasteiger charge is -2.27. The van der Waals surface area contributed by atoms with Crippen LogP contribution in [0.15, 0.2) is 0 Å². The molecule has 106 valence electrons. The Kier molecular flexibility index (Phi) is 6.65. The van der Waals surface area contributed by atoms with E-state index < -0.39 is 12.0 Å². The predicted molar refractivity (Wildman–Crippen MR) is 73.8 cm³/mol. The number of carboxylic acid groups (broad SMARTS) is 1. The molecule has 0 saturated heterocycles. The largest absolute Gasteiger partial charge is 0.480 e. The summed E-state index contributed by atoms with van der Waals surface area (Å²) in [5.74, 6) is 0.137. The molecule has 1 aliphatic carbocycles. The molecule has 0 bridgehead atoms. The van der Waals surface area contributed by atoms with Crippen molar-refractivity contribution in [2.45, 2.75) is 58.5 Å². The van der Waals surface area contributed by atoms with Crippen molar-refractivity contribution < 1.29 is 9.90 Å². The molecular formula is C14H28N2O2. The Morgan fingerprint density at radius 2 is 2.11 bits per heavy atom. The number of carboxylic acids is 1. The molecule has 18 heavy (non-hydrogen) atoms. The topological polar surface area (TPSA) is 52.6 Å². The first-order chi connectivity index (χ1) is 8.54. The van der Waals surface area contributed by atoms with Crippen LogP contribution in [-0.2, 0) is 4.79 Å². The van der Waals surface area contributed by atoms with Gasteiger partial charge in [-0.3, -0.25) is 4.79 Å². The smallest absolute Gasteiger partial charge is 0.320 e. The molecule has 4 heteroatoms. The first-order valence-electron chi connectivity index (χ1n) is 7.24. The van der Waals surface area contributed by atoms with Crippen LogP contribution in [0.1, 0.15) is 46.5 Å². The third kappa shape index (κ3) is 5.83. The summed E-state index contributed by atoms with van der Waals surface area (Å²) in [6, 6.07) is 0.108. The van der Waals surface area contributed by atoms with Crippen molar-refractivity contribution in [3.05, 3.63) is 0 Å². The summed E-state index contributed by atoms with van der Waals surface area (Å²) in [4.78, 5) is 13.6. The number of hydrogen-bond donors (Lipinski definition) is 2. The van der Waals surface area contributed by atoms with Crippen molar-refractivity contribution >= 4 is 5.97 Å². The van der Waals surface area contributed by atoms with Crippen molar-refractivity contribution in [3.8, 4) is 0 Å². The molecular weight excluding hydrogens is 228 g/mol. The lowest BCUT2D eigenvalue weighted by Crippen LogP contribution is -2.42. The number of nitrogens with one attached hydrogen (secondary N) is 1. The molecule has 2 N–H and O–H groups in total. The Balaban J connectivity index is 2.34. The molecule has 0 heterocycles. The third-order valence-corrected chi connectivity index (χ3v) is 3.56. The highest BCUT2D eigenvalue weighted by molar-refractivity contribution is 5.73. The van der Waals surface area contributed by atoms with Gasteiger partial charge in [-0.25, -0.2) is 0 Å². The lowest BCUT2D eigenvalue weighted by atomic mass is 10.1. The molecule has 4 nitrogen and oxygen atoms in total. The van der Waals surface area contributed by atoms with Crippen LogP contribution in [0.3, 0.4) is 0 Å². The molecule has 0 aliphatic heterocycles. The Bertz CT molecular complexity index is 252. The lowest BCUT2D eigenvalue weighted by molar-refractivity contribution is -0.139. The van der Waals surface area contributed by atoms with E-state index in [1.54, 1.807) is 0 Å². The molecule has 0 radical (unpaired) electrons. The maximum atomic E-state index is 11.1. The van der Waals surface area contributed by atoms with Gasteiger partial charge in [0.15, 0.2) is 0 Å². The third-order valence-electron chi connectivity index (χ3n) is 3.56. The van der Waals surface area contributed by atoms with Crippen molar-refractivity contribution in [1.29, 1.82) is 0 Å². The summed E-state index contributed by atoms with van der Waals surface area (Å²) in [5.41, 5.74) is 0. The Morgan fingerprint density at radius 1 is 1.44 bits per heavy atom. The van der Waals surface area contributed by atoms with Crippen LogP contribution >= 0.6 is 0 Å². The van der Waals surface area contributed by atoms with Gasteiger partial charge in [0.1, 0.15) is 6.04 Å². The van der Waals surface area contributed by atoms with E-state index >= 15 is 0 Å². The molecule has 0 aromatic carbocycles. The quantitative estimate of drug-likeness (QED) is 0.627. The highest BCUT2D eigenvalue weighted by atomic mass is 16.4. The van der Waals surface area contributed by atoms with E-state index in [9.17, 15) is 4.79 Å². The maximum Gasteiger partial charge on any atom is 0.320 e. The molecule has 0 amide bonds. The van der Waals surface area contributed by atoms with Crippen molar-refractivity contribution in [1.82, 2.24) is 10.2 Å². The summed E-state index contributed by atoms with van der Waals surface area (Å²) >= 11 is 0. The minimum atomic E-state index is -0.724. The summed E-state index contributed by atoms with van der Waals surface area (Å²) in [5, 5.41) is 12.3. The van der Waals surface area contributed by atoms with Gasteiger partial charge in [-0.1, -0.05) is 6.92 Å². The number of carbonyl (C=O) groups is 1. The highest BCUT2D eigenvalue weighted by Crippen LogP contribution is 2.30. The minimum Gasteiger partial charge on any atom is -0.480 e. The summed E-state index contributed by atoms with van der Waals surface area (Å²) < 4.78 is 0. The van der Waals surface area contributed by atoms with E-state index in [1.807, 2.05) is 0 Å². The predicted octanol–water partition coefficient (Wildman–Crippen LogP) is 1.95. The molecule has 0 spiro atoms. The van der Waals surface area contributed by atoms with Crippen molar-refractivity contribution in [3.63, 3.8) is 0 Å². The van der Waals surface area contributed by atoms with Crippen LogP contribution in [0.2, 0.25) is 0 Å². The fourth-order valence-electron chi connectivity index (χ4n) is 2.12. The van der Waals surface area contributed by atoms with Crippen LogP contribution in [0.5, 0.6) is 0 Å². The van der Waals surface area contributed by atoms with Crippen LogP contribution in [0.4, 0.5) is 0 Å². The average Bonchev–Trinajstić information content (AvgIpc) is 3.10. The molecule has 0 aromatic rings. The van der Waals surface area contributed by atoms with Crippen molar-refractivity contribution in [2.75, 3.05) is 19.6 Å². The van der Waals surface area contributed by atoms with Gasteiger partial charge in [0.2, 0.25) is 0 Å². The fourth-order valence-corrected chi connectivity index (χ4v) is 2.12. The monoisotopic (exact) mass is 256 g/mol. The van der Waals surface area contributed by atoms with E-state index in [0.29, 0.717) is 12.5 Å². The van der Waals surface area contributed by atoms with Gasteiger partial charge in [0.05, 0.1) is 0 Å². The second-order valence-corrected chi connectivity index (χ2v) is 5.67. The van der Waals surface area contributed by atoms with E-state index in [0.717, 1.165) is 32.0 Å². The van der Waals surface area contributed by atoms with Crippen LogP contribution < -0.4 is 5.32 Å². The first-order valence-corrected chi connectivity index (χ1v) is 7.24. The molecule has 1 unspecified atom stereocenters. The molecule has 1 fully saturated rings. The molecule has 0 aromatic heterocycles. The maximum absolute atomic E-state index is 11.1.